The van der Waals surface area contributed by atoms with Crippen molar-refractivity contribution >= 4 is 23.6 Å². The zero-order chi connectivity index (χ0) is 29.4. The molecule has 8 nitrogen and oxygen atoms in total. The molecule has 1 aromatic carbocycles. The minimum atomic E-state index is -1.85. The third kappa shape index (κ3) is 5.17. The van der Waals surface area contributed by atoms with Crippen molar-refractivity contribution in [2.45, 2.75) is 71.3 Å². The lowest BCUT2D eigenvalue weighted by Crippen LogP contribution is -2.61. The largest absolute Gasteiger partial charge is 0.457 e. The average molecular weight is 550 g/mol. The van der Waals surface area contributed by atoms with E-state index in [1.807, 2.05) is 37.3 Å². The number of ketones is 1. The van der Waals surface area contributed by atoms with Crippen molar-refractivity contribution in [1.82, 2.24) is 5.32 Å². The number of hydrogen-bond acceptors (Lipinski definition) is 7. The average Bonchev–Trinajstić information content (AvgIpc) is 3.17. The summed E-state index contributed by atoms with van der Waals surface area (Å²) in [6.07, 6.45) is 5.14. The number of nitrogens with one attached hydrogen (secondary N) is 1. The van der Waals surface area contributed by atoms with Crippen LogP contribution in [0.2, 0.25) is 0 Å². The molecule has 4 rings (SSSR count). The Morgan fingerprint density at radius 2 is 1.73 bits per heavy atom. The summed E-state index contributed by atoms with van der Waals surface area (Å²) in [5.41, 5.74) is -1.59. The molecule has 214 valence electrons. The summed E-state index contributed by atoms with van der Waals surface area (Å²) in [7, 11) is 0. The summed E-state index contributed by atoms with van der Waals surface area (Å²) in [5.74, 6) is -3.94. The van der Waals surface area contributed by atoms with E-state index < -0.39 is 58.7 Å². The van der Waals surface area contributed by atoms with Crippen molar-refractivity contribution in [3.05, 3.63) is 72.4 Å². The van der Waals surface area contributed by atoms with Gasteiger partial charge in [0.2, 0.25) is 5.91 Å². The first-order valence-electron chi connectivity index (χ1n) is 13.8. The third-order valence-electron chi connectivity index (χ3n) is 8.79. The van der Waals surface area contributed by atoms with Gasteiger partial charge in [0.25, 0.3) is 0 Å². The van der Waals surface area contributed by atoms with Crippen LogP contribution in [0.4, 0.5) is 0 Å². The van der Waals surface area contributed by atoms with E-state index in [0.29, 0.717) is 18.4 Å². The van der Waals surface area contributed by atoms with Crippen LogP contribution in [0, 0.1) is 29.1 Å². The molecule has 3 aliphatic rings. The van der Waals surface area contributed by atoms with E-state index >= 15 is 0 Å². The highest BCUT2D eigenvalue weighted by atomic mass is 16.6. The fourth-order valence-electron chi connectivity index (χ4n) is 6.98. The van der Waals surface area contributed by atoms with Crippen molar-refractivity contribution < 1.29 is 33.8 Å². The van der Waals surface area contributed by atoms with Crippen LogP contribution in [0.15, 0.2) is 66.8 Å². The van der Waals surface area contributed by atoms with Crippen LogP contribution in [0.3, 0.4) is 0 Å². The highest BCUT2D eigenvalue weighted by Gasteiger charge is 2.69. The molecule has 2 aliphatic carbocycles. The normalized spacial score (nSPS) is 39.1. The highest BCUT2D eigenvalue weighted by molar-refractivity contribution is 5.91. The molecule has 40 heavy (non-hydrogen) atoms. The number of aliphatic hydroxyl groups is 1. The number of rotatable bonds is 4. The van der Waals surface area contributed by atoms with Gasteiger partial charge in [-0.25, -0.2) is 0 Å². The molecule has 2 N–H and O–H groups in total. The maximum atomic E-state index is 14.4. The number of amides is 1. The van der Waals surface area contributed by atoms with E-state index in [1.165, 1.54) is 32.9 Å². The van der Waals surface area contributed by atoms with E-state index in [1.54, 1.807) is 19.1 Å². The van der Waals surface area contributed by atoms with Gasteiger partial charge in [-0.2, -0.15) is 0 Å². The quantitative estimate of drug-likeness (QED) is 0.436. The van der Waals surface area contributed by atoms with Gasteiger partial charge in [-0.05, 0) is 49.0 Å². The third-order valence-corrected chi connectivity index (χ3v) is 8.79. The zero-order valence-corrected chi connectivity index (χ0v) is 23.8. The van der Waals surface area contributed by atoms with E-state index in [2.05, 4.69) is 11.9 Å². The van der Waals surface area contributed by atoms with E-state index in [-0.39, 0.29) is 17.9 Å². The van der Waals surface area contributed by atoms with Gasteiger partial charge in [0, 0.05) is 37.6 Å². The number of Topliss-reactive ketones (excluding diaryl/α,β-unsaturated/α-hetero) is 1. The lowest BCUT2D eigenvalue weighted by atomic mass is 9.51. The Hall–Kier alpha value is -3.52. The lowest BCUT2D eigenvalue weighted by molar-refractivity contribution is -0.173. The molecule has 0 radical (unpaired) electrons. The highest BCUT2D eigenvalue weighted by Crippen LogP contribution is 2.59. The predicted octanol–water partition coefficient (Wildman–Crippen LogP) is 3.49. The molecule has 2 fully saturated rings. The molecular weight excluding hydrogens is 510 g/mol. The Morgan fingerprint density at radius 3 is 2.35 bits per heavy atom. The smallest absolute Gasteiger partial charge is 0.303 e. The van der Waals surface area contributed by atoms with Crippen LogP contribution < -0.4 is 5.32 Å². The number of allylic oxidation sites excluding steroid dienone is 1. The van der Waals surface area contributed by atoms with Gasteiger partial charge in [0.15, 0.2) is 5.78 Å². The minimum absolute atomic E-state index is 0.294. The molecule has 0 aromatic heterocycles. The van der Waals surface area contributed by atoms with Crippen molar-refractivity contribution in [2.24, 2.45) is 29.1 Å². The standard InChI is InChI=1S/C32H39NO7/c1-18-11-10-14-24-28(40-22(5)35)20(3)19(2)27-25(17-23-12-8-7-9-13-23)33-30(37)32(24,27)26(39-21(4)34)15-16-31(6,38)29(18)36/h7-10,12-16,18-19,24-28,38H,3,11,17H2,1-2,4-6H3,(H,33,37)/b14-10+,16-15+/t18?,19-,24+,25+,26-,27+,28-,31-,32-/m1/s1. The van der Waals surface area contributed by atoms with Gasteiger partial charge >= 0.3 is 11.9 Å². The first kappa shape index (κ1) is 29.5. The lowest BCUT2D eigenvalue weighted by Gasteiger charge is -2.53. The Kier molecular flexibility index (Phi) is 8.22. The zero-order valence-electron chi connectivity index (χ0n) is 23.8. The Bertz CT molecular complexity index is 1250. The number of hydrogen-bond donors (Lipinski definition) is 2. The molecule has 1 aromatic rings. The van der Waals surface area contributed by atoms with Crippen LogP contribution in [-0.2, 0) is 35.1 Å². The van der Waals surface area contributed by atoms with Gasteiger partial charge in [-0.15, -0.1) is 0 Å². The number of esters is 2. The molecule has 1 aliphatic heterocycles. The first-order valence-corrected chi connectivity index (χ1v) is 13.8. The predicted molar refractivity (Wildman–Crippen MR) is 149 cm³/mol. The van der Waals surface area contributed by atoms with Crippen molar-refractivity contribution in [1.29, 1.82) is 0 Å². The molecule has 8 heteroatoms. The number of carbonyl (C=O) groups is 4. The van der Waals surface area contributed by atoms with Crippen molar-refractivity contribution in [2.75, 3.05) is 0 Å². The summed E-state index contributed by atoms with van der Waals surface area (Å²) >= 11 is 0. The Labute approximate surface area is 235 Å². The molecule has 1 saturated carbocycles. The van der Waals surface area contributed by atoms with Crippen LogP contribution in [0.25, 0.3) is 0 Å². The monoisotopic (exact) mass is 549 g/mol. The van der Waals surface area contributed by atoms with E-state index in [9.17, 15) is 24.3 Å². The van der Waals surface area contributed by atoms with Crippen LogP contribution in [0.1, 0.15) is 46.6 Å². The molecule has 1 amide bonds. The Morgan fingerprint density at radius 1 is 1.07 bits per heavy atom. The Balaban J connectivity index is 1.99. The SMILES string of the molecule is C=C1[C@@H](C)[C@H]2[C@H](Cc3ccccc3)NC(=O)[C@]23[C@H](OC(C)=O)/C=C/[C@@](C)(O)C(=O)C(C)C/C=C/[C@H]3[C@@H]1OC(C)=O. The van der Waals surface area contributed by atoms with Crippen molar-refractivity contribution in [3.8, 4) is 0 Å². The fourth-order valence-corrected chi connectivity index (χ4v) is 6.98. The fraction of sp³-hybridized carbons (Fsp3) is 0.500. The van der Waals surface area contributed by atoms with Gasteiger partial charge in [-0.1, -0.05) is 62.9 Å². The molecular formula is C32H39NO7. The summed E-state index contributed by atoms with van der Waals surface area (Å²) in [6, 6.07) is 9.42. The summed E-state index contributed by atoms with van der Waals surface area (Å²) in [5, 5.41) is 14.3. The maximum Gasteiger partial charge on any atom is 0.303 e. The van der Waals surface area contributed by atoms with Gasteiger partial charge in [0.1, 0.15) is 23.2 Å². The molecule has 0 bridgehead atoms. The van der Waals surface area contributed by atoms with E-state index in [4.69, 9.17) is 9.47 Å². The number of benzene rings is 1. The molecule has 1 heterocycles. The molecule has 1 saturated heterocycles. The first-order chi connectivity index (χ1) is 18.8. The number of ether oxygens (including phenoxy) is 2. The second kappa shape index (κ2) is 11.2. The van der Waals surface area contributed by atoms with Crippen LogP contribution in [0.5, 0.6) is 0 Å². The molecule has 1 spiro atoms. The summed E-state index contributed by atoms with van der Waals surface area (Å²) in [4.78, 5) is 52.3. The van der Waals surface area contributed by atoms with Crippen LogP contribution in [-0.4, -0.2) is 52.6 Å². The number of carbonyl (C=O) groups excluding carboxylic acids is 4. The molecule has 9 atom stereocenters. The minimum Gasteiger partial charge on any atom is -0.457 e. The van der Waals surface area contributed by atoms with Crippen LogP contribution >= 0.6 is 0 Å². The maximum absolute atomic E-state index is 14.4. The van der Waals surface area contributed by atoms with Crippen molar-refractivity contribution in [3.63, 3.8) is 0 Å². The second-order valence-corrected chi connectivity index (χ2v) is 11.6. The van der Waals surface area contributed by atoms with Gasteiger partial charge in [-0.3, -0.25) is 19.2 Å². The summed E-state index contributed by atoms with van der Waals surface area (Å²) in [6.45, 7) is 11.9. The second-order valence-electron chi connectivity index (χ2n) is 11.6. The topological polar surface area (TPSA) is 119 Å². The summed E-state index contributed by atoms with van der Waals surface area (Å²) < 4.78 is 11.7. The van der Waals surface area contributed by atoms with Gasteiger partial charge in [0.05, 0.1) is 0 Å². The molecule has 1 unspecified atom stereocenters. The van der Waals surface area contributed by atoms with Gasteiger partial charge < -0.3 is 19.9 Å². The van der Waals surface area contributed by atoms with E-state index in [0.717, 1.165) is 5.56 Å².